The van der Waals surface area contributed by atoms with E-state index in [9.17, 15) is 0 Å². The Morgan fingerprint density at radius 2 is 1.29 bits per heavy atom. The van der Waals surface area contributed by atoms with Crippen LogP contribution in [-0.2, 0) is 24.4 Å². The molecule has 0 fully saturated rings. The highest BCUT2D eigenvalue weighted by Crippen LogP contribution is 2.14. The van der Waals surface area contributed by atoms with Crippen molar-refractivity contribution in [2.75, 3.05) is 7.11 Å². The molecule has 1 N–H and O–H groups in total. The number of hydrogen-bond donors (Lipinski definition) is 1. The molecule has 0 saturated heterocycles. The summed E-state index contributed by atoms with van der Waals surface area (Å²) in [5, 5.41) is 3.49. The second-order valence-corrected chi connectivity index (χ2v) is 5.75. The van der Waals surface area contributed by atoms with Crippen LogP contribution in [0, 0.1) is 0 Å². The Morgan fingerprint density at radius 1 is 0.810 bits per heavy atom. The van der Waals surface area contributed by atoms with Crippen molar-refractivity contribution < 1.29 is 4.74 Å². The summed E-state index contributed by atoms with van der Waals surface area (Å²) >= 11 is 0. The normalized spacial score (nSPS) is 11.0. The summed E-state index contributed by atoms with van der Waals surface area (Å²) in [5.41, 5.74) is 5.24. The zero-order valence-corrected chi connectivity index (χ0v) is 13.2. The molecular weight excluding hydrogens is 258 g/mol. The van der Waals surface area contributed by atoms with Crippen LogP contribution in [0.15, 0.2) is 48.5 Å². The minimum atomic E-state index is 0.595. The molecule has 112 valence electrons. The molecule has 0 heterocycles. The van der Waals surface area contributed by atoms with Crippen molar-refractivity contribution in [3.05, 3.63) is 70.8 Å². The average Bonchev–Trinajstić information content (AvgIpc) is 2.50. The minimum absolute atomic E-state index is 0.595. The van der Waals surface area contributed by atoms with Gasteiger partial charge in [0.15, 0.2) is 0 Å². The average molecular weight is 283 g/mol. The molecule has 0 aromatic heterocycles. The molecule has 0 saturated carbocycles. The Hall–Kier alpha value is -1.64. The highest BCUT2D eigenvalue weighted by Gasteiger charge is 1.99. The fourth-order valence-electron chi connectivity index (χ4n) is 2.29. The van der Waals surface area contributed by atoms with E-state index in [1.54, 1.807) is 7.11 Å². The topological polar surface area (TPSA) is 21.3 Å². The minimum Gasteiger partial charge on any atom is -0.380 e. The van der Waals surface area contributed by atoms with Crippen LogP contribution < -0.4 is 5.32 Å². The first-order valence-corrected chi connectivity index (χ1v) is 7.55. The summed E-state index contributed by atoms with van der Waals surface area (Å²) in [6, 6.07) is 17.4. The van der Waals surface area contributed by atoms with Crippen molar-refractivity contribution in [2.45, 2.75) is 39.5 Å². The molecule has 2 rings (SSSR count). The van der Waals surface area contributed by atoms with Crippen LogP contribution in [0.4, 0.5) is 0 Å². The molecule has 0 aliphatic heterocycles. The number of methoxy groups -OCH3 is 1. The molecule has 0 atom stereocenters. The van der Waals surface area contributed by atoms with Crippen LogP contribution in [0.2, 0.25) is 0 Å². The van der Waals surface area contributed by atoms with Gasteiger partial charge in [-0.2, -0.15) is 0 Å². The quantitative estimate of drug-likeness (QED) is 0.820. The van der Waals surface area contributed by atoms with Gasteiger partial charge in [-0.05, 0) is 28.2 Å². The Labute approximate surface area is 128 Å². The van der Waals surface area contributed by atoms with Crippen LogP contribution in [-0.4, -0.2) is 7.11 Å². The zero-order chi connectivity index (χ0) is 15.1. The second kappa shape index (κ2) is 7.96. The van der Waals surface area contributed by atoms with Gasteiger partial charge in [0.05, 0.1) is 6.61 Å². The van der Waals surface area contributed by atoms with Gasteiger partial charge in [-0.25, -0.2) is 0 Å². The third-order valence-electron chi connectivity index (χ3n) is 3.64. The summed E-state index contributed by atoms with van der Waals surface area (Å²) in [6.07, 6.45) is 0. The molecule has 0 unspecified atom stereocenters. The van der Waals surface area contributed by atoms with Crippen molar-refractivity contribution in [1.29, 1.82) is 0 Å². The lowest BCUT2D eigenvalue weighted by molar-refractivity contribution is 0.185. The van der Waals surface area contributed by atoms with Gasteiger partial charge >= 0.3 is 0 Å². The highest BCUT2D eigenvalue weighted by molar-refractivity contribution is 5.25. The Morgan fingerprint density at radius 3 is 1.76 bits per heavy atom. The van der Waals surface area contributed by atoms with Crippen molar-refractivity contribution in [1.82, 2.24) is 5.32 Å². The third-order valence-corrected chi connectivity index (χ3v) is 3.64. The van der Waals surface area contributed by atoms with Crippen LogP contribution in [0.3, 0.4) is 0 Å². The van der Waals surface area contributed by atoms with Gasteiger partial charge in [0, 0.05) is 20.2 Å². The molecule has 0 radical (unpaired) electrons. The lowest BCUT2D eigenvalue weighted by atomic mass is 10.0. The van der Waals surface area contributed by atoms with Gasteiger partial charge in [-0.3, -0.25) is 0 Å². The van der Waals surface area contributed by atoms with Crippen molar-refractivity contribution >= 4 is 0 Å². The van der Waals surface area contributed by atoms with E-state index in [2.05, 4.69) is 67.7 Å². The summed E-state index contributed by atoms with van der Waals surface area (Å²) in [7, 11) is 1.72. The van der Waals surface area contributed by atoms with Crippen molar-refractivity contribution in [2.24, 2.45) is 0 Å². The van der Waals surface area contributed by atoms with Gasteiger partial charge in [-0.15, -0.1) is 0 Å². The van der Waals surface area contributed by atoms with E-state index >= 15 is 0 Å². The number of benzene rings is 2. The maximum Gasteiger partial charge on any atom is 0.0713 e. The van der Waals surface area contributed by atoms with Gasteiger partial charge in [0.25, 0.3) is 0 Å². The summed E-state index contributed by atoms with van der Waals surface area (Å²) in [5.74, 6) is 0.595. The van der Waals surface area contributed by atoms with Crippen LogP contribution >= 0.6 is 0 Å². The third kappa shape index (κ3) is 5.00. The van der Waals surface area contributed by atoms with Gasteiger partial charge in [-0.1, -0.05) is 62.4 Å². The first-order chi connectivity index (χ1) is 10.2. The molecular formula is C19H25NO. The SMILES string of the molecule is COCc1ccc(CNCc2ccc(C(C)C)cc2)cc1. The lowest BCUT2D eigenvalue weighted by Gasteiger charge is -2.09. The zero-order valence-electron chi connectivity index (χ0n) is 13.2. The van der Waals surface area contributed by atoms with Crippen LogP contribution in [0.1, 0.15) is 42.0 Å². The number of hydrogen-bond acceptors (Lipinski definition) is 2. The molecule has 2 aromatic rings. The molecule has 0 aliphatic carbocycles. The van der Waals surface area contributed by atoms with Crippen LogP contribution in [0.25, 0.3) is 0 Å². The van der Waals surface area contributed by atoms with E-state index < -0.39 is 0 Å². The summed E-state index contributed by atoms with van der Waals surface area (Å²) in [6.45, 7) is 6.91. The van der Waals surface area contributed by atoms with E-state index in [1.807, 2.05) is 0 Å². The molecule has 21 heavy (non-hydrogen) atoms. The van der Waals surface area contributed by atoms with E-state index in [-0.39, 0.29) is 0 Å². The fourth-order valence-corrected chi connectivity index (χ4v) is 2.29. The molecule has 0 bridgehead atoms. The van der Waals surface area contributed by atoms with Crippen molar-refractivity contribution in [3.63, 3.8) is 0 Å². The predicted octanol–water partition coefficient (Wildman–Crippen LogP) is 4.25. The predicted molar refractivity (Wildman–Crippen MR) is 88.2 cm³/mol. The van der Waals surface area contributed by atoms with Gasteiger partial charge < -0.3 is 10.1 Å². The largest absolute Gasteiger partial charge is 0.380 e. The van der Waals surface area contributed by atoms with Crippen LogP contribution in [0.5, 0.6) is 0 Å². The molecule has 0 spiro atoms. The first kappa shape index (κ1) is 15.7. The summed E-state index contributed by atoms with van der Waals surface area (Å²) in [4.78, 5) is 0. The van der Waals surface area contributed by atoms with Gasteiger partial charge in [0.2, 0.25) is 0 Å². The number of nitrogens with one attached hydrogen (secondary N) is 1. The Kier molecular flexibility index (Phi) is 5.97. The monoisotopic (exact) mass is 283 g/mol. The standard InChI is InChI=1S/C19H25NO/c1-15(2)19-10-8-17(9-11-19)13-20-12-16-4-6-18(7-5-16)14-21-3/h4-11,15,20H,12-14H2,1-3H3. The van der Waals surface area contributed by atoms with Crippen molar-refractivity contribution in [3.8, 4) is 0 Å². The van der Waals surface area contributed by atoms with Gasteiger partial charge in [0.1, 0.15) is 0 Å². The maximum atomic E-state index is 5.12. The molecule has 0 amide bonds. The Balaban J connectivity index is 1.80. The molecule has 2 heteroatoms. The number of ether oxygens (including phenoxy) is 1. The fraction of sp³-hybridized carbons (Fsp3) is 0.368. The maximum absolute atomic E-state index is 5.12. The highest BCUT2D eigenvalue weighted by atomic mass is 16.5. The van der Waals surface area contributed by atoms with E-state index in [1.165, 1.54) is 22.3 Å². The lowest BCUT2D eigenvalue weighted by Crippen LogP contribution is -2.12. The molecule has 2 nitrogen and oxygen atoms in total. The second-order valence-electron chi connectivity index (χ2n) is 5.75. The molecule has 0 aliphatic rings. The molecule has 2 aromatic carbocycles. The van der Waals surface area contributed by atoms with E-state index in [0.717, 1.165) is 13.1 Å². The smallest absolute Gasteiger partial charge is 0.0713 e. The summed E-state index contributed by atoms with van der Waals surface area (Å²) < 4.78 is 5.12. The first-order valence-electron chi connectivity index (χ1n) is 7.55. The number of rotatable bonds is 7. The van der Waals surface area contributed by atoms with E-state index in [0.29, 0.717) is 12.5 Å². The Bertz CT molecular complexity index is 528. The van der Waals surface area contributed by atoms with E-state index in [4.69, 9.17) is 4.74 Å².